The molecule has 0 saturated carbocycles. The van der Waals surface area contributed by atoms with Gasteiger partial charge in [0.15, 0.2) is 0 Å². The summed E-state index contributed by atoms with van der Waals surface area (Å²) in [4.78, 5) is 4.88. The first-order valence-electron chi connectivity index (χ1n) is 5.35. The van der Waals surface area contributed by atoms with Crippen molar-refractivity contribution in [3.8, 4) is 0 Å². The molecule has 0 aromatic heterocycles. The number of aliphatic hydroxyl groups is 1. The van der Waals surface area contributed by atoms with Crippen LogP contribution in [-0.2, 0) is 0 Å². The van der Waals surface area contributed by atoms with Gasteiger partial charge in [0.05, 0.1) is 6.61 Å². The third kappa shape index (κ3) is 3.25. The molecule has 13 heavy (non-hydrogen) atoms. The topological polar surface area (TPSA) is 26.7 Å². The fourth-order valence-electron chi connectivity index (χ4n) is 2.05. The Labute approximate surface area is 81.3 Å². The van der Waals surface area contributed by atoms with Gasteiger partial charge < -0.3 is 10.0 Å². The molecule has 1 unspecified atom stereocenters. The minimum atomic E-state index is 0.290. The van der Waals surface area contributed by atoms with Gasteiger partial charge in [0.1, 0.15) is 0 Å². The molecule has 78 valence electrons. The first kappa shape index (κ1) is 11.0. The number of piperazine rings is 1. The molecule has 0 aromatic rings. The summed E-state index contributed by atoms with van der Waals surface area (Å²) < 4.78 is 0. The summed E-state index contributed by atoms with van der Waals surface area (Å²) in [7, 11) is 0. The number of nitrogens with zero attached hydrogens (tertiary/aromatic N) is 2. The van der Waals surface area contributed by atoms with Crippen molar-refractivity contribution in [2.45, 2.75) is 26.3 Å². The van der Waals surface area contributed by atoms with Gasteiger partial charge in [-0.15, -0.1) is 0 Å². The molecule has 3 heteroatoms. The van der Waals surface area contributed by atoms with Crippen LogP contribution >= 0.6 is 0 Å². The van der Waals surface area contributed by atoms with E-state index in [1.165, 1.54) is 13.0 Å². The van der Waals surface area contributed by atoms with E-state index in [2.05, 4.69) is 23.6 Å². The Morgan fingerprint density at radius 2 is 2.08 bits per heavy atom. The standard InChI is InChI=1S/C10H22N2O/c1-3-4-11-5-6-12(7-8-13)10(2)9-11/h10,13H,3-9H2,1-2H3. The number of hydrogen-bond acceptors (Lipinski definition) is 3. The Balaban J connectivity index is 2.28. The molecule has 0 aromatic carbocycles. The zero-order valence-electron chi connectivity index (χ0n) is 8.87. The van der Waals surface area contributed by atoms with Crippen LogP contribution in [0.1, 0.15) is 20.3 Å². The Morgan fingerprint density at radius 3 is 2.62 bits per heavy atom. The Kier molecular flexibility index (Phi) is 4.70. The second-order valence-corrected chi connectivity index (χ2v) is 3.91. The molecule has 0 aliphatic carbocycles. The summed E-state index contributed by atoms with van der Waals surface area (Å²) in [6.07, 6.45) is 1.24. The molecule has 1 N–H and O–H groups in total. The average Bonchev–Trinajstić information content (AvgIpc) is 2.10. The molecule has 1 aliphatic rings. The third-order valence-corrected chi connectivity index (χ3v) is 2.78. The Bertz CT molecular complexity index is 141. The second kappa shape index (κ2) is 5.58. The molecule has 0 radical (unpaired) electrons. The van der Waals surface area contributed by atoms with Crippen molar-refractivity contribution in [2.75, 3.05) is 39.3 Å². The number of β-amino-alcohol motifs (C(OH)–C–C–N with tert-alkyl or cyclic N) is 1. The zero-order chi connectivity index (χ0) is 9.68. The average molecular weight is 186 g/mol. The molecule has 1 heterocycles. The summed E-state index contributed by atoms with van der Waals surface area (Å²) in [6.45, 7) is 10.3. The molecule has 0 spiro atoms. The van der Waals surface area contributed by atoms with Crippen LogP contribution in [-0.4, -0.2) is 60.3 Å². The quantitative estimate of drug-likeness (QED) is 0.688. The predicted molar refractivity (Wildman–Crippen MR) is 54.9 cm³/mol. The lowest BCUT2D eigenvalue weighted by Crippen LogP contribution is -2.52. The maximum atomic E-state index is 8.85. The van der Waals surface area contributed by atoms with Crippen molar-refractivity contribution in [2.24, 2.45) is 0 Å². The van der Waals surface area contributed by atoms with Crippen molar-refractivity contribution in [1.29, 1.82) is 0 Å². The summed E-state index contributed by atoms with van der Waals surface area (Å²) in [5, 5.41) is 8.85. The van der Waals surface area contributed by atoms with Gasteiger partial charge in [-0.2, -0.15) is 0 Å². The van der Waals surface area contributed by atoms with Gasteiger partial charge in [-0.25, -0.2) is 0 Å². The van der Waals surface area contributed by atoms with Crippen LogP contribution in [0.2, 0.25) is 0 Å². The van der Waals surface area contributed by atoms with Gasteiger partial charge in [-0.05, 0) is 19.9 Å². The smallest absolute Gasteiger partial charge is 0.0558 e. The van der Waals surface area contributed by atoms with Crippen molar-refractivity contribution in [3.63, 3.8) is 0 Å². The SMILES string of the molecule is CCCN1CCN(CCO)C(C)C1. The maximum absolute atomic E-state index is 8.85. The summed E-state index contributed by atoms with van der Waals surface area (Å²) in [5.74, 6) is 0. The van der Waals surface area contributed by atoms with E-state index in [1.807, 2.05) is 0 Å². The second-order valence-electron chi connectivity index (χ2n) is 3.91. The molecular formula is C10H22N2O. The summed E-state index contributed by atoms with van der Waals surface area (Å²) in [5.41, 5.74) is 0. The van der Waals surface area contributed by atoms with Gasteiger partial charge in [-0.3, -0.25) is 4.90 Å². The van der Waals surface area contributed by atoms with Crippen molar-refractivity contribution in [3.05, 3.63) is 0 Å². The van der Waals surface area contributed by atoms with E-state index in [1.54, 1.807) is 0 Å². The highest BCUT2D eigenvalue weighted by molar-refractivity contribution is 4.78. The minimum absolute atomic E-state index is 0.290. The van der Waals surface area contributed by atoms with E-state index in [0.717, 1.165) is 26.2 Å². The molecule has 0 amide bonds. The van der Waals surface area contributed by atoms with E-state index < -0.39 is 0 Å². The van der Waals surface area contributed by atoms with E-state index in [-0.39, 0.29) is 6.61 Å². The van der Waals surface area contributed by atoms with E-state index in [4.69, 9.17) is 5.11 Å². The molecule has 1 rings (SSSR count). The summed E-state index contributed by atoms with van der Waals surface area (Å²) >= 11 is 0. The van der Waals surface area contributed by atoms with E-state index >= 15 is 0 Å². The van der Waals surface area contributed by atoms with Gasteiger partial charge in [0, 0.05) is 32.2 Å². The van der Waals surface area contributed by atoms with Gasteiger partial charge >= 0.3 is 0 Å². The monoisotopic (exact) mass is 186 g/mol. The lowest BCUT2D eigenvalue weighted by molar-refractivity contribution is 0.0687. The van der Waals surface area contributed by atoms with E-state index in [0.29, 0.717) is 6.04 Å². The van der Waals surface area contributed by atoms with Crippen LogP contribution in [0.15, 0.2) is 0 Å². The molecule has 1 saturated heterocycles. The summed E-state index contributed by atoms with van der Waals surface area (Å²) in [6, 6.07) is 0.604. The highest BCUT2D eigenvalue weighted by atomic mass is 16.3. The van der Waals surface area contributed by atoms with Crippen LogP contribution in [0.3, 0.4) is 0 Å². The first-order chi connectivity index (χ1) is 6.27. The lowest BCUT2D eigenvalue weighted by Gasteiger charge is -2.39. The highest BCUT2D eigenvalue weighted by Gasteiger charge is 2.21. The van der Waals surface area contributed by atoms with E-state index in [9.17, 15) is 0 Å². The van der Waals surface area contributed by atoms with Crippen molar-refractivity contribution in [1.82, 2.24) is 9.80 Å². The molecule has 1 fully saturated rings. The van der Waals surface area contributed by atoms with Crippen molar-refractivity contribution >= 4 is 0 Å². The fraction of sp³-hybridized carbons (Fsp3) is 1.00. The minimum Gasteiger partial charge on any atom is -0.395 e. The van der Waals surface area contributed by atoms with Crippen LogP contribution in [0.4, 0.5) is 0 Å². The van der Waals surface area contributed by atoms with Crippen molar-refractivity contribution < 1.29 is 5.11 Å². The van der Waals surface area contributed by atoms with Gasteiger partial charge in [0.2, 0.25) is 0 Å². The Hall–Kier alpha value is -0.120. The van der Waals surface area contributed by atoms with Crippen LogP contribution in [0.5, 0.6) is 0 Å². The zero-order valence-corrected chi connectivity index (χ0v) is 8.87. The highest BCUT2D eigenvalue weighted by Crippen LogP contribution is 2.08. The fourth-order valence-corrected chi connectivity index (χ4v) is 2.05. The van der Waals surface area contributed by atoms with Crippen LogP contribution < -0.4 is 0 Å². The number of aliphatic hydroxyl groups excluding tert-OH is 1. The third-order valence-electron chi connectivity index (χ3n) is 2.78. The van der Waals surface area contributed by atoms with Crippen LogP contribution in [0, 0.1) is 0 Å². The van der Waals surface area contributed by atoms with Gasteiger partial charge in [-0.1, -0.05) is 6.92 Å². The normalized spacial score (nSPS) is 26.5. The number of hydrogen-bond donors (Lipinski definition) is 1. The van der Waals surface area contributed by atoms with Gasteiger partial charge in [0.25, 0.3) is 0 Å². The first-order valence-corrected chi connectivity index (χ1v) is 5.35. The Morgan fingerprint density at radius 1 is 1.31 bits per heavy atom. The molecule has 3 nitrogen and oxygen atoms in total. The maximum Gasteiger partial charge on any atom is 0.0558 e. The molecule has 1 atom stereocenters. The predicted octanol–water partition coefficient (Wildman–Crippen LogP) is 0.395. The van der Waals surface area contributed by atoms with Crippen LogP contribution in [0.25, 0.3) is 0 Å². The lowest BCUT2D eigenvalue weighted by atomic mass is 10.2. The largest absolute Gasteiger partial charge is 0.395 e. The molecule has 1 aliphatic heterocycles. The molecular weight excluding hydrogens is 164 g/mol. The molecule has 0 bridgehead atoms. The number of rotatable bonds is 4.